The fraction of sp³-hybridized carbons (Fsp3) is 0.474. The highest BCUT2D eigenvalue weighted by molar-refractivity contribution is 7.93. The summed E-state index contributed by atoms with van der Waals surface area (Å²) in [5.41, 5.74) is 5.57. The third-order valence-corrected chi connectivity index (χ3v) is 12.4. The van der Waals surface area contributed by atoms with E-state index in [1.807, 2.05) is 0 Å². The van der Waals surface area contributed by atoms with Crippen molar-refractivity contribution in [2.75, 3.05) is 13.1 Å². The summed E-state index contributed by atoms with van der Waals surface area (Å²) < 4.78 is 80.6. The number of hydrogen-bond acceptors (Lipinski definition) is 8. The maximum atomic E-state index is 13.3. The van der Waals surface area contributed by atoms with Crippen molar-refractivity contribution in [1.29, 1.82) is 0 Å². The molecule has 0 aliphatic carbocycles. The lowest BCUT2D eigenvalue weighted by atomic mass is 10.2. The minimum Gasteiger partial charge on any atom is -0.326 e. The lowest BCUT2D eigenvalue weighted by molar-refractivity contribution is 0.384. The Balaban J connectivity index is 1.89. The zero-order chi connectivity index (χ0) is 23.7. The van der Waals surface area contributed by atoms with Gasteiger partial charge in [-0.05, 0) is 57.0 Å². The van der Waals surface area contributed by atoms with Crippen LogP contribution in [0.2, 0.25) is 0 Å². The maximum Gasteiger partial charge on any atom is 0.243 e. The second kappa shape index (κ2) is 9.49. The van der Waals surface area contributed by atoms with E-state index in [9.17, 15) is 25.3 Å². The fourth-order valence-electron chi connectivity index (χ4n) is 3.37. The van der Waals surface area contributed by atoms with Gasteiger partial charge in [-0.3, -0.25) is 0 Å². The van der Waals surface area contributed by atoms with Crippen molar-refractivity contribution >= 4 is 41.2 Å². The highest BCUT2D eigenvalue weighted by Gasteiger charge is 2.36. The van der Waals surface area contributed by atoms with Crippen LogP contribution in [0.1, 0.15) is 31.6 Å². The largest absolute Gasteiger partial charge is 0.326 e. The molecule has 0 bridgehead atoms. The Kier molecular flexibility index (Phi) is 7.49. The first kappa shape index (κ1) is 25.3. The van der Waals surface area contributed by atoms with Crippen LogP contribution in [0.15, 0.2) is 50.4 Å². The van der Waals surface area contributed by atoms with Crippen molar-refractivity contribution in [2.24, 2.45) is 5.73 Å². The summed E-state index contributed by atoms with van der Waals surface area (Å²) >= 11 is 1.05. The van der Waals surface area contributed by atoms with E-state index in [4.69, 9.17) is 5.73 Å². The number of benzene rings is 1. The second-order valence-corrected chi connectivity index (χ2v) is 15.3. The van der Waals surface area contributed by atoms with E-state index in [1.165, 1.54) is 28.6 Å². The summed E-state index contributed by atoms with van der Waals surface area (Å²) in [5.74, 6) is 0. The lowest BCUT2D eigenvalue weighted by Crippen LogP contribution is -2.44. The van der Waals surface area contributed by atoms with Gasteiger partial charge in [0.05, 0.1) is 15.0 Å². The molecule has 32 heavy (non-hydrogen) atoms. The summed E-state index contributed by atoms with van der Waals surface area (Å²) in [7, 11) is -11.5. The fourth-order valence-corrected chi connectivity index (χ4v) is 8.63. The van der Waals surface area contributed by atoms with Gasteiger partial charge in [-0.15, -0.1) is 11.3 Å². The molecule has 1 atom stereocenters. The summed E-state index contributed by atoms with van der Waals surface area (Å²) in [6.07, 6.45) is 1.09. The molecule has 0 radical (unpaired) electrons. The Morgan fingerprint density at radius 2 is 1.78 bits per heavy atom. The minimum absolute atomic E-state index is 0.0329. The minimum atomic E-state index is -4.02. The predicted molar refractivity (Wildman–Crippen MR) is 123 cm³/mol. The quantitative estimate of drug-likeness (QED) is 0.509. The lowest BCUT2D eigenvalue weighted by Gasteiger charge is -2.25. The van der Waals surface area contributed by atoms with Crippen LogP contribution in [0.4, 0.5) is 0 Å². The summed E-state index contributed by atoms with van der Waals surface area (Å²) in [6, 6.07) is 7.80. The molecule has 3 N–H and O–H groups in total. The number of nitrogens with zero attached hydrogens (tertiary/aromatic N) is 1. The van der Waals surface area contributed by atoms with Crippen molar-refractivity contribution in [2.45, 2.75) is 58.5 Å². The smallest absolute Gasteiger partial charge is 0.243 e. The Labute approximate surface area is 193 Å². The molecule has 1 aliphatic rings. The Morgan fingerprint density at radius 1 is 1.09 bits per heavy atom. The normalized spacial score (nSPS) is 18.4. The number of nitrogens with two attached hydrogens (primary N) is 1. The average Bonchev–Trinajstić information content (AvgIpc) is 3.42. The van der Waals surface area contributed by atoms with E-state index in [0.29, 0.717) is 17.7 Å². The first-order valence-corrected chi connectivity index (χ1v) is 15.3. The molecule has 1 fully saturated rings. The van der Waals surface area contributed by atoms with Crippen LogP contribution in [0.3, 0.4) is 0 Å². The van der Waals surface area contributed by atoms with Gasteiger partial charge in [0.1, 0.15) is 4.21 Å². The van der Waals surface area contributed by atoms with E-state index in [2.05, 4.69) is 4.72 Å². The summed E-state index contributed by atoms with van der Waals surface area (Å²) in [4.78, 5) is 0.434. The van der Waals surface area contributed by atoms with E-state index < -0.39 is 41.2 Å². The van der Waals surface area contributed by atoms with Gasteiger partial charge in [0.2, 0.25) is 29.9 Å². The molecular weight excluding hydrogens is 494 g/mol. The van der Waals surface area contributed by atoms with Crippen LogP contribution in [-0.2, 0) is 36.4 Å². The standard InChI is InChI=1S/C19H27N3O6S4/c1-14(2)31(25,26)21-13-15-5-4-10-22(15)32(27,28)18-7-3-6-17(11-18)30(23,24)19-9-8-16(12-20)29-19/h3,6-9,11,14-15,21H,4-5,10,12-13,20H2,1-2H3. The number of thiophene rings is 1. The molecule has 1 unspecified atom stereocenters. The van der Waals surface area contributed by atoms with Gasteiger partial charge in [-0.1, -0.05) is 6.07 Å². The number of sulfonamides is 2. The van der Waals surface area contributed by atoms with Crippen LogP contribution in [0, 0.1) is 0 Å². The van der Waals surface area contributed by atoms with E-state index in [0.717, 1.165) is 17.4 Å². The van der Waals surface area contributed by atoms with Crippen molar-refractivity contribution in [3.8, 4) is 0 Å². The molecule has 0 amide bonds. The number of rotatable bonds is 9. The molecule has 9 nitrogen and oxygen atoms in total. The molecule has 2 aromatic rings. The van der Waals surface area contributed by atoms with Crippen molar-refractivity contribution < 1.29 is 25.3 Å². The Hall–Kier alpha value is -1.35. The van der Waals surface area contributed by atoms with E-state index in [1.54, 1.807) is 19.9 Å². The molecule has 1 saturated heterocycles. The van der Waals surface area contributed by atoms with Crippen LogP contribution in [0.5, 0.6) is 0 Å². The molecule has 1 aromatic heterocycles. The topological polar surface area (TPSA) is 144 Å². The molecule has 0 spiro atoms. The zero-order valence-corrected chi connectivity index (χ0v) is 21.0. The zero-order valence-electron chi connectivity index (χ0n) is 17.8. The summed E-state index contributed by atoms with van der Waals surface area (Å²) in [5, 5.41) is -0.632. The van der Waals surface area contributed by atoms with Crippen molar-refractivity contribution in [3.05, 3.63) is 41.3 Å². The van der Waals surface area contributed by atoms with Crippen LogP contribution in [0.25, 0.3) is 0 Å². The van der Waals surface area contributed by atoms with Crippen molar-refractivity contribution in [1.82, 2.24) is 9.03 Å². The molecule has 13 heteroatoms. The van der Waals surface area contributed by atoms with Gasteiger partial charge >= 0.3 is 0 Å². The number of sulfone groups is 1. The van der Waals surface area contributed by atoms with Crippen LogP contribution >= 0.6 is 11.3 Å². The molecule has 3 rings (SSSR count). The highest BCUT2D eigenvalue weighted by atomic mass is 32.2. The predicted octanol–water partition coefficient (Wildman–Crippen LogP) is 1.52. The third kappa shape index (κ3) is 5.08. The van der Waals surface area contributed by atoms with Crippen LogP contribution < -0.4 is 10.5 Å². The van der Waals surface area contributed by atoms with Crippen molar-refractivity contribution in [3.63, 3.8) is 0 Å². The Morgan fingerprint density at radius 3 is 2.41 bits per heavy atom. The average molecular weight is 522 g/mol. The van der Waals surface area contributed by atoms with Gasteiger partial charge in [0.25, 0.3) is 0 Å². The second-order valence-electron chi connectivity index (χ2n) is 7.76. The maximum absolute atomic E-state index is 13.3. The third-order valence-electron chi connectivity index (χ3n) is 5.29. The molecule has 178 valence electrons. The van der Waals surface area contributed by atoms with E-state index in [-0.39, 0.29) is 33.6 Å². The van der Waals surface area contributed by atoms with Gasteiger partial charge in [0, 0.05) is 30.6 Å². The van der Waals surface area contributed by atoms with Gasteiger partial charge in [-0.2, -0.15) is 4.31 Å². The molecule has 2 heterocycles. The first-order chi connectivity index (χ1) is 14.9. The van der Waals surface area contributed by atoms with Gasteiger partial charge < -0.3 is 5.73 Å². The molecule has 1 aliphatic heterocycles. The number of nitrogens with one attached hydrogen (secondary N) is 1. The molecular formula is C19H27N3O6S4. The van der Waals surface area contributed by atoms with Gasteiger partial charge in [-0.25, -0.2) is 30.0 Å². The Bertz CT molecular complexity index is 1280. The first-order valence-electron chi connectivity index (χ1n) is 10.0. The van der Waals surface area contributed by atoms with E-state index >= 15 is 0 Å². The SMILES string of the molecule is CC(C)S(=O)(=O)NCC1CCCN1S(=O)(=O)c1cccc(S(=O)(=O)c2ccc(CN)s2)c1. The summed E-state index contributed by atoms with van der Waals surface area (Å²) in [6.45, 7) is 3.50. The van der Waals surface area contributed by atoms with Crippen LogP contribution in [-0.4, -0.2) is 53.9 Å². The van der Waals surface area contributed by atoms with Gasteiger partial charge in [0.15, 0.2) is 0 Å². The molecule has 1 aromatic carbocycles. The highest BCUT2D eigenvalue weighted by Crippen LogP contribution is 2.31. The number of hydrogen-bond donors (Lipinski definition) is 2. The monoisotopic (exact) mass is 521 g/mol. The molecule has 0 saturated carbocycles.